The highest BCUT2D eigenvalue weighted by atomic mass is 35.5. The average molecular weight is 509 g/mol. The molecule has 1 aromatic carbocycles. The number of amides is 1. The van der Waals surface area contributed by atoms with E-state index in [0.29, 0.717) is 10.6 Å². The minimum Gasteiger partial charge on any atom is -0.388 e. The Morgan fingerprint density at radius 2 is 1.91 bits per heavy atom. The van der Waals surface area contributed by atoms with Gasteiger partial charge < -0.3 is 16.2 Å². The van der Waals surface area contributed by atoms with Crippen LogP contribution in [0.15, 0.2) is 48.9 Å². The van der Waals surface area contributed by atoms with E-state index in [-0.39, 0.29) is 24.2 Å². The molecule has 0 saturated heterocycles. The zero-order valence-electron chi connectivity index (χ0n) is 17.7. The summed E-state index contributed by atoms with van der Waals surface area (Å²) in [6.45, 7) is -0.0116. The zero-order chi connectivity index (χ0) is 25.3. The molecule has 0 saturated carbocycles. The summed E-state index contributed by atoms with van der Waals surface area (Å²) in [6, 6.07) is 8.33. The van der Waals surface area contributed by atoms with E-state index in [1.807, 2.05) is 0 Å². The van der Waals surface area contributed by atoms with Crippen LogP contribution in [0.4, 0.5) is 23.4 Å². The van der Waals surface area contributed by atoms with Crippen molar-refractivity contribution in [3.63, 3.8) is 0 Å². The van der Waals surface area contributed by atoms with E-state index in [1.54, 1.807) is 24.3 Å². The summed E-state index contributed by atoms with van der Waals surface area (Å²) >= 11 is 5.81. The number of fused-ring (bicyclic) bond motifs is 1. The van der Waals surface area contributed by atoms with Gasteiger partial charge in [-0.25, -0.2) is 14.5 Å². The Morgan fingerprint density at radius 3 is 2.60 bits per heavy atom. The molecule has 0 fully saturated rings. The third kappa shape index (κ3) is 5.03. The molecule has 13 heteroatoms. The third-order valence-corrected chi connectivity index (χ3v) is 5.48. The molecule has 3 heterocycles. The first-order valence-corrected chi connectivity index (χ1v) is 10.5. The Balaban J connectivity index is 1.58. The first-order valence-electron chi connectivity index (χ1n) is 10.1. The Hall–Kier alpha value is -3.77. The standard InChI is InChI=1S/C22H17ClF4N6O2/c23-13-3-1-11(2-4-13)17(34)5-6-29-21(35)14-7-12(9-30-19(14)24)16-8-15(22(25,26)27)18-20(28)31-10-32-33(16)18/h1-4,7-10,17,34H,5-6H2,(H,29,35)(H2,28,31,32)/t17-/m1/s1. The molecule has 0 spiro atoms. The van der Waals surface area contributed by atoms with Crippen molar-refractivity contribution >= 4 is 28.8 Å². The number of hydrogen-bond acceptors (Lipinski definition) is 6. The van der Waals surface area contributed by atoms with Gasteiger partial charge in [0.15, 0.2) is 5.82 Å². The fraction of sp³-hybridized carbons (Fsp3) is 0.182. The van der Waals surface area contributed by atoms with Gasteiger partial charge in [0.05, 0.1) is 22.9 Å². The maximum absolute atomic E-state index is 14.3. The van der Waals surface area contributed by atoms with Gasteiger partial charge in [-0.3, -0.25) is 4.79 Å². The number of rotatable bonds is 6. The molecule has 1 atom stereocenters. The van der Waals surface area contributed by atoms with Crippen LogP contribution in [-0.2, 0) is 6.18 Å². The number of pyridine rings is 1. The van der Waals surface area contributed by atoms with Crippen molar-refractivity contribution in [2.75, 3.05) is 12.3 Å². The summed E-state index contributed by atoms with van der Waals surface area (Å²) in [5.41, 5.74) is 4.06. The number of hydrogen-bond donors (Lipinski definition) is 3. The molecule has 35 heavy (non-hydrogen) atoms. The van der Waals surface area contributed by atoms with Gasteiger partial charge in [0, 0.05) is 23.3 Å². The van der Waals surface area contributed by atoms with Gasteiger partial charge in [-0.2, -0.15) is 22.7 Å². The van der Waals surface area contributed by atoms with Crippen LogP contribution in [0.5, 0.6) is 0 Å². The number of alkyl halides is 3. The summed E-state index contributed by atoms with van der Waals surface area (Å²) in [6.07, 6.45) is -3.59. The molecule has 0 radical (unpaired) electrons. The molecule has 182 valence electrons. The molecule has 0 aliphatic carbocycles. The minimum absolute atomic E-state index is 0.00125. The van der Waals surface area contributed by atoms with Gasteiger partial charge >= 0.3 is 6.18 Å². The maximum Gasteiger partial charge on any atom is 0.418 e. The number of carbonyl (C=O) groups excluding carboxylic acids is 1. The number of anilines is 1. The van der Waals surface area contributed by atoms with E-state index >= 15 is 0 Å². The van der Waals surface area contributed by atoms with Crippen LogP contribution in [0.25, 0.3) is 16.8 Å². The van der Waals surface area contributed by atoms with Gasteiger partial charge in [0.1, 0.15) is 11.8 Å². The average Bonchev–Trinajstić information content (AvgIpc) is 3.21. The van der Waals surface area contributed by atoms with Crippen LogP contribution >= 0.6 is 11.6 Å². The van der Waals surface area contributed by atoms with E-state index in [4.69, 9.17) is 17.3 Å². The molecular weight excluding hydrogens is 492 g/mol. The number of halogens is 5. The largest absolute Gasteiger partial charge is 0.418 e. The number of aromatic nitrogens is 4. The number of nitrogens with two attached hydrogens (primary N) is 1. The van der Waals surface area contributed by atoms with Crippen molar-refractivity contribution in [2.45, 2.75) is 18.7 Å². The second-order valence-corrected chi connectivity index (χ2v) is 7.96. The highest BCUT2D eigenvalue weighted by Crippen LogP contribution is 2.38. The van der Waals surface area contributed by atoms with Crippen LogP contribution in [-0.4, -0.2) is 37.1 Å². The van der Waals surface area contributed by atoms with Crippen molar-refractivity contribution in [1.29, 1.82) is 0 Å². The molecule has 1 amide bonds. The van der Waals surface area contributed by atoms with E-state index in [1.165, 1.54) is 0 Å². The monoisotopic (exact) mass is 508 g/mol. The summed E-state index contributed by atoms with van der Waals surface area (Å²) in [5, 5.41) is 17.0. The molecule has 3 aromatic heterocycles. The number of aliphatic hydroxyl groups excluding tert-OH is 1. The number of nitrogen functional groups attached to an aromatic ring is 1. The molecule has 8 nitrogen and oxygen atoms in total. The molecule has 4 aromatic rings. The first kappa shape index (κ1) is 24.4. The second kappa shape index (κ2) is 9.47. The fourth-order valence-corrected chi connectivity index (χ4v) is 3.63. The van der Waals surface area contributed by atoms with E-state index in [2.05, 4.69) is 20.4 Å². The summed E-state index contributed by atoms with van der Waals surface area (Å²) in [4.78, 5) is 19.7. The Kier molecular flexibility index (Phi) is 6.59. The van der Waals surface area contributed by atoms with Crippen LogP contribution in [0.2, 0.25) is 5.02 Å². The van der Waals surface area contributed by atoms with Crippen LogP contribution < -0.4 is 11.1 Å². The van der Waals surface area contributed by atoms with Crippen molar-refractivity contribution in [1.82, 2.24) is 24.9 Å². The quantitative estimate of drug-likeness (QED) is 0.267. The SMILES string of the molecule is Nc1ncnn2c(-c3cnc(F)c(C(=O)NCC[C@@H](O)c4ccc(Cl)cc4)c3)cc(C(F)(F)F)c12. The van der Waals surface area contributed by atoms with Gasteiger partial charge in [-0.05, 0) is 36.2 Å². The summed E-state index contributed by atoms with van der Waals surface area (Å²) < 4.78 is 55.9. The van der Waals surface area contributed by atoms with Gasteiger partial charge in [-0.15, -0.1) is 0 Å². The van der Waals surface area contributed by atoms with E-state index in [9.17, 15) is 27.5 Å². The predicted octanol–water partition coefficient (Wildman–Crippen LogP) is 4.04. The lowest BCUT2D eigenvalue weighted by molar-refractivity contribution is -0.136. The Bertz CT molecular complexity index is 1390. The minimum atomic E-state index is -4.76. The molecule has 0 unspecified atom stereocenters. The molecule has 4 rings (SSSR count). The van der Waals surface area contributed by atoms with Crippen LogP contribution in [0.3, 0.4) is 0 Å². The number of aliphatic hydroxyl groups is 1. The van der Waals surface area contributed by atoms with Crippen LogP contribution in [0.1, 0.15) is 34.0 Å². The molecule has 0 bridgehead atoms. The number of nitrogens with one attached hydrogen (secondary N) is 1. The lowest BCUT2D eigenvalue weighted by atomic mass is 10.1. The topological polar surface area (TPSA) is 118 Å². The van der Waals surface area contributed by atoms with Crippen molar-refractivity contribution < 1.29 is 27.5 Å². The third-order valence-electron chi connectivity index (χ3n) is 5.23. The number of benzene rings is 1. The Morgan fingerprint density at radius 1 is 1.20 bits per heavy atom. The fourth-order valence-electron chi connectivity index (χ4n) is 3.51. The highest BCUT2D eigenvalue weighted by Gasteiger charge is 2.36. The zero-order valence-corrected chi connectivity index (χ0v) is 18.5. The summed E-state index contributed by atoms with van der Waals surface area (Å²) in [5.74, 6) is -2.37. The van der Waals surface area contributed by atoms with Gasteiger partial charge in [-0.1, -0.05) is 23.7 Å². The summed E-state index contributed by atoms with van der Waals surface area (Å²) in [7, 11) is 0. The number of carbonyl (C=O) groups is 1. The van der Waals surface area contributed by atoms with Gasteiger partial charge in [0.2, 0.25) is 5.95 Å². The molecule has 4 N–H and O–H groups in total. The van der Waals surface area contributed by atoms with Crippen molar-refractivity contribution in [2.24, 2.45) is 0 Å². The normalized spacial score (nSPS) is 12.6. The molecule has 0 aliphatic heterocycles. The molecule has 0 aliphatic rings. The first-order chi connectivity index (χ1) is 16.6. The van der Waals surface area contributed by atoms with E-state index in [0.717, 1.165) is 29.2 Å². The predicted molar refractivity (Wildman–Crippen MR) is 119 cm³/mol. The van der Waals surface area contributed by atoms with E-state index < -0.39 is 46.6 Å². The number of nitrogens with zero attached hydrogens (tertiary/aromatic N) is 4. The van der Waals surface area contributed by atoms with Crippen molar-refractivity contribution in [3.8, 4) is 11.3 Å². The maximum atomic E-state index is 14.3. The lowest BCUT2D eigenvalue weighted by Crippen LogP contribution is -2.27. The van der Waals surface area contributed by atoms with Crippen LogP contribution in [0, 0.1) is 5.95 Å². The highest BCUT2D eigenvalue weighted by molar-refractivity contribution is 6.30. The Labute approximate surface area is 200 Å². The lowest BCUT2D eigenvalue weighted by Gasteiger charge is -2.12. The smallest absolute Gasteiger partial charge is 0.388 e. The van der Waals surface area contributed by atoms with Gasteiger partial charge in [0.25, 0.3) is 5.91 Å². The van der Waals surface area contributed by atoms with Crippen molar-refractivity contribution in [3.05, 3.63) is 76.6 Å². The second-order valence-electron chi connectivity index (χ2n) is 7.52. The molecular formula is C22H17ClF4N6O2.